The van der Waals surface area contributed by atoms with Crippen LogP contribution in [-0.4, -0.2) is 13.6 Å². The first-order valence-corrected chi connectivity index (χ1v) is 2.67. The van der Waals surface area contributed by atoms with Gasteiger partial charge in [-0.1, -0.05) is 12.2 Å². The van der Waals surface area contributed by atoms with Crippen LogP contribution in [0.2, 0.25) is 0 Å². The highest BCUT2D eigenvalue weighted by Gasteiger charge is 1.70. The van der Waals surface area contributed by atoms with Crippen LogP contribution in [0.1, 0.15) is 13.3 Å². The molecular formula is C6H14ClN. The Labute approximate surface area is 57.6 Å². The summed E-state index contributed by atoms with van der Waals surface area (Å²) in [5.41, 5.74) is 0. The molecule has 0 unspecified atom stereocenters. The van der Waals surface area contributed by atoms with Crippen molar-refractivity contribution >= 4 is 12.4 Å². The van der Waals surface area contributed by atoms with E-state index in [1.807, 2.05) is 14.0 Å². The minimum atomic E-state index is 0. The number of hydrogen-bond donors (Lipinski definition) is 1. The van der Waals surface area contributed by atoms with E-state index in [1.165, 1.54) is 0 Å². The van der Waals surface area contributed by atoms with Crippen LogP contribution >= 0.6 is 12.4 Å². The van der Waals surface area contributed by atoms with Crippen molar-refractivity contribution in [3.8, 4) is 0 Å². The molecule has 0 aromatic rings. The van der Waals surface area contributed by atoms with Crippen molar-refractivity contribution in [3.63, 3.8) is 0 Å². The van der Waals surface area contributed by atoms with Gasteiger partial charge in [0.15, 0.2) is 0 Å². The quantitative estimate of drug-likeness (QED) is 0.458. The predicted octanol–water partition coefficient (Wildman–Crippen LogP) is 1.59. The maximum atomic E-state index is 3.05. The van der Waals surface area contributed by atoms with Gasteiger partial charge in [0, 0.05) is 0 Å². The molecule has 1 nitrogen and oxygen atoms in total. The van der Waals surface area contributed by atoms with Gasteiger partial charge in [0.1, 0.15) is 0 Å². The van der Waals surface area contributed by atoms with Crippen molar-refractivity contribution in [3.05, 3.63) is 12.2 Å². The Balaban J connectivity index is 0. The van der Waals surface area contributed by atoms with Gasteiger partial charge in [0.05, 0.1) is 0 Å². The van der Waals surface area contributed by atoms with Gasteiger partial charge in [-0.25, -0.2) is 0 Å². The Morgan fingerprint density at radius 3 is 2.50 bits per heavy atom. The predicted molar refractivity (Wildman–Crippen MR) is 40.6 cm³/mol. The van der Waals surface area contributed by atoms with Crippen LogP contribution < -0.4 is 5.32 Å². The average Bonchev–Trinajstić information content (AvgIpc) is 1.69. The number of rotatable bonds is 3. The maximum Gasteiger partial charge on any atom is -0.00173 e. The molecule has 0 heterocycles. The molecule has 0 amide bonds. The van der Waals surface area contributed by atoms with Crippen molar-refractivity contribution in [2.75, 3.05) is 13.6 Å². The van der Waals surface area contributed by atoms with E-state index in [2.05, 4.69) is 17.5 Å². The van der Waals surface area contributed by atoms with Crippen LogP contribution in [0.15, 0.2) is 12.2 Å². The molecule has 0 saturated carbocycles. The molecule has 0 bridgehead atoms. The van der Waals surface area contributed by atoms with Crippen molar-refractivity contribution in [2.45, 2.75) is 13.3 Å². The third-order valence-corrected chi connectivity index (χ3v) is 0.797. The maximum absolute atomic E-state index is 3.05. The van der Waals surface area contributed by atoms with Crippen molar-refractivity contribution in [2.24, 2.45) is 0 Å². The Morgan fingerprint density at radius 2 is 2.12 bits per heavy atom. The molecule has 0 aromatic heterocycles. The summed E-state index contributed by atoms with van der Waals surface area (Å²) in [6.45, 7) is 3.12. The van der Waals surface area contributed by atoms with Crippen molar-refractivity contribution < 1.29 is 0 Å². The highest BCUT2D eigenvalue weighted by molar-refractivity contribution is 5.85. The lowest BCUT2D eigenvalue weighted by molar-refractivity contribution is 0.807. The lowest BCUT2D eigenvalue weighted by Crippen LogP contribution is -2.05. The second-order valence-corrected chi connectivity index (χ2v) is 1.46. The van der Waals surface area contributed by atoms with Gasteiger partial charge in [-0.15, -0.1) is 12.4 Å². The van der Waals surface area contributed by atoms with Gasteiger partial charge in [-0.3, -0.25) is 0 Å². The third kappa shape index (κ3) is 9.37. The Kier molecular flexibility index (Phi) is 13.7. The van der Waals surface area contributed by atoms with E-state index in [1.54, 1.807) is 0 Å². The molecule has 2 heteroatoms. The first-order chi connectivity index (χ1) is 3.41. The largest absolute Gasteiger partial charge is 0.319 e. The topological polar surface area (TPSA) is 12.0 Å². The molecule has 0 atom stereocenters. The monoisotopic (exact) mass is 135 g/mol. The van der Waals surface area contributed by atoms with E-state index in [-0.39, 0.29) is 12.4 Å². The fourth-order valence-electron chi connectivity index (χ4n) is 0.394. The summed E-state index contributed by atoms with van der Waals surface area (Å²) in [7, 11) is 1.96. The summed E-state index contributed by atoms with van der Waals surface area (Å²) in [6.07, 6.45) is 5.36. The summed E-state index contributed by atoms with van der Waals surface area (Å²) in [6, 6.07) is 0. The van der Waals surface area contributed by atoms with E-state index >= 15 is 0 Å². The molecule has 0 rings (SSSR count). The fourth-order valence-corrected chi connectivity index (χ4v) is 0.394. The smallest absolute Gasteiger partial charge is 0.00173 e. The van der Waals surface area contributed by atoms with Gasteiger partial charge in [0.25, 0.3) is 0 Å². The summed E-state index contributed by atoms with van der Waals surface area (Å²) >= 11 is 0. The molecule has 0 aliphatic heterocycles. The zero-order valence-electron chi connectivity index (χ0n) is 5.48. The van der Waals surface area contributed by atoms with Crippen LogP contribution in [0.5, 0.6) is 0 Å². The number of nitrogens with one attached hydrogen (secondary N) is 1. The van der Waals surface area contributed by atoms with E-state index in [9.17, 15) is 0 Å². The molecule has 0 aromatic carbocycles. The summed E-state index contributed by atoms with van der Waals surface area (Å²) in [4.78, 5) is 0. The van der Waals surface area contributed by atoms with Crippen molar-refractivity contribution in [1.29, 1.82) is 0 Å². The van der Waals surface area contributed by atoms with E-state index in [0.717, 1.165) is 13.0 Å². The Hall–Kier alpha value is -0.0100. The molecule has 0 spiro atoms. The number of halogens is 1. The van der Waals surface area contributed by atoms with Crippen molar-refractivity contribution in [1.82, 2.24) is 5.32 Å². The fraction of sp³-hybridized carbons (Fsp3) is 0.667. The SMILES string of the molecule is CC=CCCNC.Cl. The molecular weight excluding hydrogens is 122 g/mol. The summed E-state index contributed by atoms with van der Waals surface area (Å²) < 4.78 is 0. The molecule has 0 radical (unpaired) electrons. The van der Waals surface area contributed by atoms with Crippen LogP contribution in [0, 0.1) is 0 Å². The van der Waals surface area contributed by atoms with E-state index < -0.39 is 0 Å². The van der Waals surface area contributed by atoms with E-state index in [4.69, 9.17) is 0 Å². The summed E-state index contributed by atoms with van der Waals surface area (Å²) in [5.74, 6) is 0. The average molecular weight is 136 g/mol. The second-order valence-electron chi connectivity index (χ2n) is 1.46. The Morgan fingerprint density at radius 1 is 1.50 bits per heavy atom. The minimum Gasteiger partial charge on any atom is -0.319 e. The van der Waals surface area contributed by atoms with E-state index in [0.29, 0.717) is 0 Å². The molecule has 0 saturated heterocycles. The third-order valence-electron chi connectivity index (χ3n) is 0.797. The number of hydrogen-bond acceptors (Lipinski definition) is 1. The molecule has 0 aliphatic carbocycles. The first-order valence-electron chi connectivity index (χ1n) is 2.67. The molecule has 50 valence electrons. The lowest BCUT2D eigenvalue weighted by Gasteiger charge is -1.87. The van der Waals surface area contributed by atoms with Gasteiger partial charge in [-0.05, 0) is 26.9 Å². The van der Waals surface area contributed by atoms with Gasteiger partial charge in [0.2, 0.25) is 0 Å². The van der Waals surface area contributed by atoms with Gasteiger partial charge < -0.3 is 5.32 Å². The lowest BCUT2D eigenvalue weighted by atomic mass is 10.4. The molecule has 0 aliphatic rings. The standard InChI is InChI=1S/C6H13N.ClH/c1-3-4-5-6-7-2;/h3-4,7H,5-6H2,1-2H3;1H. The normalized spacial score (nSPS) is 9.25. The first kappa shape index (κ1) is 10.9. The van der Waals surface area contributed by atoms with Crippen LogP contribution in [-0.2, 0) is 0 Å². The van der Waals surface area contributed by atoms with Crippen LogP contribution in [0.4, 0.5) is 0 Å². The van der Waals surface area contributed by atoms with Gasteiger partial charge in [-0.2, -0.15) is 0 Å². The molecule has 8 heavy (non-hydrogen) atoms. The zero-order chi connectivity index (χ0) is 5.54. The van der Waals surface area contributed by atoms with Crippen LogP contribution in [0.25, 0.3) is 0 Å². The highest BCUT2D eigenvalue weighted by atomic mass is 35.5. The molecule has 1 N–H and O–H groups in total. The van der Waals surface area contributed by atoms with Crippen LogP contribution in [0.3, 0.4) is 0 Å². The van der Waals surface area contributed by atoms with Gasteiger partial charge >= 0.3 is 0 Å². The second kappa shape index (κ2) is 10.1. The minimum absolute atomic E-state index is 0. The Bertz CT molecular complexity index is 52.5. The number of allylic oxidation sites excluding steroid dienone is 1. The zero-order valence-corrected chi connectivity index (χ0v) is 6.29. The molecule has 0 fully saturated rings. The summed E-state index contributed by atoms with van der Waals surface area (Å²) in [5, 5.41) is 3.05. The highest BCUT2D eigenvalue weighted by Crippen LogP contribution is 1.76.